The average molecular weight is 405 g/mol. The van der Waals surface area contributed by atoms with Crippen molar-refractivity contribution in [3.05, 3.63) is 46.8 Å². The van der Waals surface area contributed by atoms with Gasteiger partial charge in [-0.25, -0.2) is 9.97 Å². The number of oxime groups is 1. The smallest absolute Gasteiger partial charge is 0.376 e. The lowest BCUT2D eigenvalue weighted by atomic mass is 9.70. The monoisotopic (exact) mass is 405 g/mol. The van der Waals surface area contributed by atoms with Crippen LogP contribution < -0.4 is 5.73 Å². The molecule has 4 rings (SSSR count). The van der Waals surface area contributed by atoms with Crippen LogP contribution in [-0.4, -0.2) is 52.8 Å². The molecule has 1 aromatic carbocycles. The summed E-state index contributed by atoms with van der Waals surface area (Å²) in [7, 11) is 1.17. The highest BCUT2D eigenvalue weighted by atomic mass is 16.6. The van der Waals surface area contributed by atoms with Crippen LogP contribution >= 0.6 is 0 Å². The van der Waals surface area contributed by atoms with Gasteiger partial charge in [0, 0.05) is 22.1 Å². The molecule has 7 nitrogen and oxygen atoms in total. The van der Waals surface area contributed by atoms with E-state index >= 15 is 0 Å². The Hall–Kier alpha value is -2.71. The summed E-state index contributed by atoms with van der Waals surface area (Å²) >= 11 is 0. The minimum Gasteiger partial charge on any atom is -0.437 e. The lowest BCUT2D eigenvalue weighted by Gasteiger charge is -2.34. The van der Waals surface area contributed by atoms with Crippen LogP contribution in [-0.2, 0) is 10.3 Å². The highest BCUT2D eigenvalue weighted by Gasteiger charge is 2.40. The molecule has 1 saturated heterocycles. The average Bonchev–Trinajstić information content (AvgIpc) is 2.71. The molecule has 1 aliphatic heterocycles. The first-order valence-electron chi connectivity index (χ1n) is 10.3. The molecule has 0 unspecified atom stereocenters. The molecule has 2 aliphatic rings. The second kappa shape index (κ2) is 7.85. The molecular weight excluding hydrogens is 377 g/mol. The van der Waals surface area contributed by atoms with Gasteiger partial charge in [-0.15, -0.1) is 0 Å². The van der Waals surface area contributed by atoms with Crippen molar-refractivity contribution in [3.8, 4) is 11.3 Å². The SMILES string of the molecule is CON=C1c2cc(C=C3CCN(B(C)O)CC3)ccc2-c2ncnc(N)c2C1(C)C. The molecule has 0 bridgehead atoms. The van der Waals surface area contributed by atoms with Crippen molar-refractivity contribution in [2.75, 3.05) is 25.9 Å². The summed E-state index contributed by atoms with van der Waals surface area (Å²) < 4.78 is 0. The van der Waals surface area contributed by atoms with Gasteiger partial charge in [0.05, 0.1) is 11.4 Å². The number of fused-ring (bicyclic) bond motifs is 3. The number of nitrogen functional groups attached to an aromatic ring is 1. The molecular formula is C22H28BN5O2. The van der Waals surface area contributed by atoms with Gasteiger partial charge in [0.1, 0.15) is 19.3 Å². The Morgan fingerprint density at radius 2 is 1.97 bits per heavy atom. The minimum atomic E-state index is -0.488. The van der Waals surface area contributed by atoms with Crippen LogP contribution in [0, 0.1) is 0 Å². The molecule has 2 heterocycles. The van der Waals surface area contributed by atoms with E-state index in [1.807, 2.05) is 6.82 Å². The number of benzene rings is 1. The maximum Gasteiger partial charge on any atom is 0.376 e. The summed E-state index contributed by atoms with van der Waals surface area (Å²) in [6, 6.07) is 6.35. The molecule has 1 aromatic heterocycles. The second-order valence-corrected chi connectivity index (χ2v) is 8.51. The predicted octanol–water partition coefficient (Wildman–Crippen LogP) is 2.96. The number of rotatable bonds is 3. The van der Waals surface area contributed by atoms with E-state index in [1.165, 1.54) is 11.9 Å². The molecule has 156 valence electrons. The molecule has 3 N–H and O–H groups in total. The third-order valence-corrected chi connectivity index (χ3v) is 6.17. The zero-order valence-corrected chi connectivity index (χ0v) is 18.0. The molecule has 0 amide bonds. The quantitative estimate of drug-likeness (QED) is 0.602. The van der Waals surface area contributed by atoms with Crippen molar-refractivity contribution >= 4 is 24.7 Å². The standard InChI is InChI=1S/C22H28BN5O2/c1-22(2)18-19(25-13-26-21(18)24)16-6-5-15(12-17(16)20(22)27-30-4)11-14-7-9-28(10-8-14)23(3)29/h5-6,11-13,29H,7-10H2,1-4H3,(H2,24,25,26). The molecule has 0 spiro atoms. The van der Waals surface area contributed by atoms with Gasteiger partial charge in [-0.05, 0) is 58.2 Å². The maximum absolute atomic E-state index is 9.78. The lowest BCUT2D eigenvalue weighted by Crippen LogP contribution is -2.41. The van der Waals surface area contributed by atoms with E-state index in [1.54, 1.807) is 7.11 Å². The first-order chi connectivity index (χ1) is 14.3. The van der Waals surface area contributed by atoms with E-state index < -0.39 is 5.41 Å². The van der Waals surface area contributed by atoms with Crippen LogP contribution in [0.5, 0.6) is 0 Å². The topological polar surface area (TPSA) is 96.9 Å². The fourth-order valence-electron chi connectivity index (χ4n) is 4.55. The van der Waals surface area contributed by atoms with Crippen LogP contribution in [0.2, 0.25) is 6.82 Å². The van der Waals surface area contributed by atoms with Crippen molar-refractivity contribution in [1.82, 2.24) is 14.8 Å². The molecule has 1 aliphatic carbocycles. The van der Waals surface area contributed by atoms with Crippen LogP contribution in [0.25, 0.3) is 17.3 Å². The van der Waals surface area contributed by atoms with Crippen molar-refractivity contribution in [3.63, 3.8) is 0 Å². The van der Waals surface area contributed by atoms with E-state index in [-0.39, 0.29) is 7.05 Å². The molecule has 0 radical (unpaired) electrons. The number of aromatic nitrogens is 2. The normalized spacial score (nSPS) is 19.2. The van der Waals surface area contributed by atoms with Gasteiger partial charge >= 0.3 is 7.05 Å². The third kappa shape index (κ3) is 3.50. The summed E-state index contributed by atoms with van der Waals surface area (Å²) in [6.45, 7) is 7.72. The van der Waals surface area contributed by atoms with Gasteiger partial charge in [0.15, 0.2) is 0 Å². The Morgan fingerprint density at radius 1 is 1.23 bits per heavy atom. The Kier molecular flexibility index (Phi) is 5.38. The van der Waals surface area contributed by atoms with Gasteiger partial charge in [-0.1, -0.05) is 28.9 Å². The predicted molar refractivity (Wildman–Crippen MR) is 121 cm³/mol. The summed E-state index contributed by atoms with van der Waals surface area (Å²) in [5.74, 6) is 0.468. The minimum absolute atomic E-state index is 0.389. The molecule has 30 heavy (non-hydrogen) atoms. The summed E-state index contributed by atoms with van der Waals surface area (Å²) in [5, 5.41) is 14.2. The molecule has 8 heteroatoms. The number of nitrogens with zero attached hydrogens (tertiary/aromatic N) is 4. The Morgan fingerprint density at radius 3 is 2.63 bits per heavy atom. The molecule has 0 saturated carbocycles. The van der Waals surface area contributed by atoms with Crippen molar-refractivity contribution in [1.29, 1.82) is 0 Å². The number of hydrogen-bond acceptors (Lipinski definition) is 7. The Bertz CT molecular complexity index is 1020. The third-order valence-electron chi connectivity index (χ3n) is 6.17. The molecule has 1 fully saturated rings. The van der Waals surface area contributed by atoms with Gasteiger partial charge in [0.2, 0.25) is 0 Å². The zero-order valence-electron chi connectivity index (χ0n) is 18.0. The van der Waals surface area contributed by atoms with Gasteiger partial charge in [-0.2, -0.15) is 0 Å². The summed E-state index contributed by atoms with van der Waals surface area (Å²) in [5.41, 5.74) is 12.8. The maximum atomic E-state index is 9.78. The highest BCUT2D eigenvalue weighted by Crippen LogP contribution is 2.44. The lowest BCUT2D eigenvalue weighted by molar-refractivity contribution is 0.211. The van der Waals surface area contributed by atoms with E-state index in [4.69, 9.17) is 10.6 Å². The number of anilines is 1. The van der Waals surface area contributed by atoms with Crippen LogP contribution in [0.15, 0.2) is 35.3 Å². The first-order valence-corrected chi connectivity index (χ1v) is 10.3. The van der Waals surface area contributed by atoms with Gasteiger partial charge in [-0.3, -0.25) is 0 Å². The van der Waals surface area contributed by atoms with Gasteiger partial charge in [0.25, 0.3) is 0 Å². The van der Waals surface area contributed by atoms with E-state index in [2.05, 4.69) is 58.1 Å². The van der Waals surface area contributed by atoms with Crippen molar-refractivity contribution in [2.24, 2.45) is 5.16 Å². The molecule has 2 aromatic rings. The number of nitrogens with two attached hydrogens (primary N) is 1. The number of piperidine rings is 1. The summed E-state index contributed by atoms with van der Waals surface area (Å²) in [6.07, 6.45) is 5.68. The van der Waals surface area contributed by atoms with Crippen molar-refractivity contribution < 1.29 is 9.86 Å². The van der Waals surface area contributed by atoms with Crippen LogP contribution in [0.3, 0.4) is 0 Å². The zero-order chi connectivity index (χ0) is 21.5. The van der Waals surface area contributed by atoms with E-state index in [0.29, 0.717) is 5.82 Å². The number of hydrogen-bond donors (Lipinski definition) is 2. The van der Waals surface area contributed by atoms with Gasteiger partial charge < -0.3 is 20.4 Å². The Labute approximate surface area is 177 Å². The van der Waals surface area contributed by atoms with Crippen molar-refractivity contribution in [2.45, 2.75) is 38.9 Å². The highest BCUT2D eigenvalue weighted by molar-refractivity contribution is 6.45. The fourth-order valence-corrected chi connectivity index (χ4v) is 4.55. The van der Waals surface area contributed by atoms with Crippen LogP contribution in [0.4, 0.5) is 5.82 Å². The molecule has 0 atom stereocenters. The van der Waals surface area contributed by atoms with E-state index in [0.717, 1.165) is 59.6 Å². The Balaban J connectivity index is 1.77. The summed E-state index contributed by atoms with van der Waals surface area (Å²) in [4.78, 5) is 16.1. The second-order valence-electron chi connectivity index (χ2n) is 8.51. The fraction of sp³-hybridized carbons (Fsp3) is 0.409. The first kappa shape index (κ1) is 20.6. The largest absolute Gasteiger partial charge is 0.437 e. The van der Waals surface area contributed by atoms with E-state index in [9.17, 15) is 5.02 Å². The van der Waals surface area contributed by atoms with Crippen LogP contribution in [0.1, 0.15) is 43.4 Å².